The van der Waals surface area contributed by atoms with Crippen LogP contribution in [-0.4, -0.2) is 27.8 Å². The maximum atomic E-state index is 11.2. The molecule has 0 fully saturated rings. The Labute approximate surface area is 145 Å². The Morgan fingerprint density at radius 2 is 2.12 bits per heavy atom. The van der Waals surface area contributed by atoms with Crippen LogP contribution < -0.4 is 15.2 Å². The molecule has 3 heterocycles. The van der Waals surface area contributed by atoms with Gasteiger partial charge in [-0.1, -0.05) is 6.07 Å². The van der Waals surface area contributed by atoms with Gasteiger partial charge in [-0.05, 0) is 23.8 Å². The lowest BCUT2D eigenvalue weighted by Crippen LogP contribution is -2.05. The van der Waals surface area contributed by atoms with E-state index in [1.165, 1.54) is 6.07 Å². The molecule has 4 rings (SSSR count). The maximum Gasteiger partial charge on any atom is 0.345 e. The quantitative estimate of drug-likeness (QED) is 0.732. The molecule has 0 amide bonds. The molecule has 3 aromatic rings. The number of aromatic nitrogens is 2. The van der Waals surface area contributed by atoms with Crippen molar-refractivity contribution in [2.24, 2.45) is 0 Å². The van der Waals surface area contributed by atoms with Crippen molar-refractivity contribution in [3.8, 4) is 17.6 Å². The number of benzene rings is 1. The van der Waals surface area contributed by atoms with E-state index in [1.54, 1.807) is 18.2 Å². The molecule has 9 heteroatoms. The summed E-state index contributed by atoms with van der Waals surface area (Å²) in [6.45, 7) is 0.132. The summed E-state index contributed by atoms with van der Waals surface area (Å²) in [5, 5.41) is 19.4. The molecule has 0 aliphatic carbocycles. The normalized spacial score (nSPS) is 13.6. The van der Waals surface area contributed by atoms with E-state index in [-0.39, 0.29) is 17.6 Å². The zero-order valence-electron chi connectivity index (χ0n) is 12.6. The van der Waals surface area contributed by atoms with Gasteiger partial charge in [-0.15, -0.1) is 11.3 Å². The van der Waals surface area contributed by atoms with Crippen LogP contribution in [0.1, 0.15) is 26.8 Å². The number of hydrogen-bond acceptors (Lipinski definition) is 8. The molecule has 8 nitrogen and oxygen atoms in total. The number of nitrogens with zero attached hydrogens (tertiary/aromatic N) is 3. The zero-order chi connectivity index (χ0) is 17.6. The van der Waals surface area contributed by atoms with E-state index in [9.17, 15) is 15.2 Å². The van der Waals surface area contributed by atoms with Crippen LogP contribution in [0, 0.1) is 11.3 Å². The number of ether oxygens (including phenoxy) is 2. The van der Waals surface area contributed by atoms with Gasteiger partial charge in [0.1, 0.15) is 15.6 Å². The smallest absolute Gasteiger partial charge is 0.345 e. The van der Waals surface area contributed by atoms with E-state index in [2.05, 4.69) is 16.0 Å². The molecule has 1 aliphatic rings. The van der Waals surface area contributed by atoms with Crippen LogP contribution in [0.2, 0.25) is 0 Å². The van der Waals surface area contributed by atoms with E-state index in [0.717, 1.165) is 11.3 Å². The second kappa shape index (κ2) is 5.61. The third-order valence-corrected chi connectivity index (χ3v) is 4.80. The fourth-order valence-corrected chi connectivity index (χ4v) is 3.56. The predicted octanol–water partition coefficient (Wildman–Crippen LogP) is 2.36. The molecule has 1 unspecified atom stereocenters. The highest BCUT2D eigenvalue weighted by Crippen LogP contribution is 2.38. The van der Waals surface area contributed by atoms with Crippen LogP contribution in [0.5, 0.6) is 11.5 Å². The number of carboxylic acid groups (broad SMARTS) is 1. The molecular formula is C16H10N4O4S. The Balaban J connectivity index is 1.89. The molecule has 1 aliphatic heterocycles. The maximum absolute atomic E-state index is 11.2. The van der Waals surface area contributed by atoms with E-state index in [0.29, 0.717) is 33.0 Å². The predicted molar refractivity (Wildman–Crippen MR) is 88.8 cm³/mol. The van der Waals surface area contributed by atoms with E-state index < -0.39 is 11.9 Å². The largest absolute Gasteiger partial charge is 0.477 e. The molecule has 0 bridgehead atoms. The van der Waals surface area contributed by atoms with Gasteiger partial charge in [0.15, 0.2) is 11.5 Å². The lowest BCUT2D eigenvalue weighted by atomic mass is 9.95. The number of nitriles is 1. The number of nitrogens with two attached hydrogens (primary N) is 1. The van der Waals surface area contributed by atoms with Gasteiger partial charge >= 0.3 is 5.97 Å². The third kappa shape index (κ3) is 2.49. The number of nitrogen functional groups attached to an aromatic ring is 1. The first-order valence-electron chi connectivity index (χ1n) is 7.16. The summed E-state index contributed by atoms with van der Waals surface area (Å²) in [5.41, 5.74) is 6.77. The van der Waals surface area contributed by atoms with Crippen molar-refractivity contribution in [1.29, 1.82) is 5.26 Å². The number of anilines is 1. The first kappa shape index (κ1) is 15.2. The fraction of sp³-hybridized carbons (Fsp3) is 0.125. The molecule has 3 N–H and O–H groups in total. The number of carbonyl (C=O) groups is 1. The van der Waals surface area contributed by atoms with Crippen molar-refractivity contribution >= 4 is 33.5 Å². The van der Waals surface area contributed by atoms with Crippen molar-refractivity contribution in [2.75, 3.05) is 12.5 Å². The lowest BCUT2D eigenvalue weighted by molar-refractivity contribution is 0.0702. The standard InChI is InChI=1S/C16H10N4O4S/c17-5-9(7-1-2-10-11(3-7)24-6-23-10)13-8-4-12(15(21)22)25-14(8)20-16(18)19-13/h1-4,9H,6H2,(H,21,22)(H2,18,19,20). The summed E-state index contributed by atoms with van der Waals surface area (Å²) in [5.74, 6) is -0.672. The van der Waals surface area contributed by atoms with E-state index in [4.69, 9.17) is 15.2 Å². The Kier molecular flexibility index (Phi) is 3.40. The minimum Gasteiger partial charge on any atom is -0.477 e. The summed E-state index contributed by atoms with van der Waals surface area (Å²) in [6.07, 6.45) is 0. The topological polar surface area (TPSA) is 131 Å². The van der Waals surface area contributed by atoms with Crippen molar-refractivity contribution in [1.82, 2.24) is 9.97 Å². The molecule has 0 radical (unpaired) electrons. The van der Waals surface area contributed by atoms with Gasteiger partial charge in [-0.3, -0.25) is 0 Å². The van der Waals surface area contributed by atoms with Crippen molar-refractivity contribution in [3.63, 3.8) is 0 Å². The Morgan fingerprint density at radius 3 is 2.88 bits per heavy atom. The van der Waals surface area contributed by atoms with Crippen molar-refractivity contribution < 1.29 is 19.4 Å². The van der Waals surface area contributed by atoms with E-state index in [1.807, 2.05) is 0 Å². The molecule has 0 spiro atoms. The summed E-state index contributed by atoms with van der Waals surface area (Å²) >= 11 is 0.992. The number of aromatic carboxylic acids is 1. The average molecular weight is 354 g/mol. The highest BCUT2D eigenvalue weighted by Gasteiger charge is 2.24. The highest BCUT2D eigenvalue weighted by atomic mass is 32.1. The highest BCUT2D eigenvalue weighted by molar-refractivity contribution is 7.20. The van der Waals surface area contributed by atoms with Crippen LogP contribution in [-0.2, 0) is 0 Å². The number of rotatable bonds is 3. The molecule has 1 aromatic carbocycles. The SMILES string of the molecule is N#CC(c1ccc2c(c1)OCO2)c1nc(N)nc2sc(C(=O)O)cc12. The molecule has 0 saturated carbocycles. The first-order valence-corrected chi connectivity index (χ1v) is 7.98. The Morgan fingerprint density at radius 1 is 1.32 bits per heavy atom. The Bertz CT molecular complexity index is 1060. The summed E-state index contributed by atoms with van der Waals surface area (Å²) in [4.78, 5) is 20.1. The van der Waals surface area contributed by atoms with Gasteiger partial charge in [0, 0.05) is 5.39 Å². The van der Waals surface area contributed by atoms with Crippen molar-refractivity contribution in [3.05, 3.63) is 40.4 Å². The molecule has 0 saturated heterocycles. The van der Waals surface area contributed by atoms with Crippen LogP contribution >= 0.6 is 11.3 Å². The van der Waals surface area contributed by atoms with E-state index >= 15 is 0 Å². The van der Waals surface area contributed by atoms with Crippen LogP contribution in [0.3, 0.4) is 0 Å². The first-order chi connectivity index (χ1) is 12.1. The summed E-state index contributed by atoms with van der Waals surface area (Å²) in [6, 6.07) is 8.85. The van der Waals surface area contributed by atoms with Gasteiger partial charge in [-0.2, -0.15) is 5.26 Å². The molecule has 25 heavy (non-hydrogen) atoms. The van der Waals surface area contributed by atoms with Crippen LogP contribution in [0.4, 0.5) is 5.95 Å². The van der Waals surface area contributed by atoms with Crippen molar-refractivity contribution in [2.45, 2.75) is 5.92 Å². The monoisotopic (exact) mass is 354 g/mol. The minimum absolute atomic E-state index is 0.0118. The lowest BCUT2D eigenvalue weighted by Gasteiger charge is -2.11. The van der Waals surface area contributed by atoms with Gasteiger partial charge < -0.3 is 20.3 Å². The summed E-state index contributed by atoms with van der Waals surface area (Å²) in [7, 11) is 0. The number of carboxylic acids is 1. The second-order valence-corrected chi connectivity index (χ2v) is 6.31. The average Bonchev–Trinajstić information content (AvgIpc) is 3.21. The molecule has 124 valence electrons. The number of thiophene rings is 1. The number of hydrogen-bond donors (Lipinski definition) is 2. The van der Waals surface area contributed by atoms with Gasteiger partial charge in [0.2, 0.25) is 12.7 Å². The third-order valence-electron chi connectivity index (χ3n) is 3.78. The second-order valence-electron chi connectivity index (χ2n) is 5.28. The summed E-state index contributed by atoms with van der Waals surface area (Å²) < 4.78 is 10.6. The minimum atomic E-state index is -1.07. The molecule has 2 aromatic heterocycles. The van der Waals surface area contributed by atoms with Gasteiger partial charge in [0.05, 0.1) is 11.8 Å². The fourth-order valence-electron chi connectivity index (χ4n) is 2.67. The zero-order valence-corrected chi connectivity index (χ0v) is 13.4. The van der Waals surface area contributed by atoms with Crippen LogP contribution in [0.15, 0.2) is 24.3 Å². The van der Waals surface area contributed by atoms with Crippen LogP contribution in [0.25, 0.3) is 10.2 Å². The molecule has 1 atom stereocenters. The molecular weight excluding hydrogens is 344 g/mol. The Hall–Kier alpha value is -3.38. The van der Waals surface area contributed by atoms with Gasteiger partial charge in [-0.25, -0.2) is 14.8 Å². The number of fused-ring (bicyclic) bond motifs is 2. The van der Waals surface area contributed by atoms with Gasteiger partial charge in [0.25, 0.3) is 0 Å².